The predicted molar refractivity (Wildman–Crippen MR) is 84.8 cm³/mol. The van der Waals surface area contributed by atoms with Gasteiger partial charge in [0.25, 0.3) is 0 Å². The minimum Gasteiger partial charge on any atom is -0.212 e. The van der Waals surface area contributed by atoms with E-state index in [2.05, 4.69) is 47.8 Å². The lowest BCUT2D eigenvalue weighted by molar-refractivity contribution is 0.124. The Hall–Kier alpha value is -1.11. The molecule has 0 heterocycles. The van der Waals surface area contributed by atoms with Crippen molar-refractivity contribution in [3.63, 3.8) is 0 Å². The third-order valence-electron chi connectivity index (χ3n) is 4.10. The molecule has 108 valence electrons. The highest BCUT2D eigenvalue weighted by atomic mass is 19.1. The normalized spacial score (nSPS) is 13.9. The van der Waals surface area contributed by atoms with E-state index < -0.39 is 0 Å². The van der Waals surface area contributed by atoms with Gasteiger partial charge in [0.1, 0.15) is 5.83 Å². The molecule has 0 aliphatic rings. The molecule has 0 rings (SSSR count). The van der Waals surface area contributed by atoms with Gasteiger partial charge in [0.2, 0.25) is 0 Å². The smallest absolute Gasteiger partial charge is 0.100 e. The molecule has 0 unspecified atom stereocenters. The fourth-order valence-electron chi connectivity index (χ4n) is 1.36. The summed E-state index contributed by atoms with van der Waals surface area (Å²) in [6.07, 6.45) is 6.38. The summed E-state index contributed by atoms with van der Waals surface area (Å²) >= 11 is 0. The second-order valence-electron chi connectivity index (χ2n) is 6.77. The summed E-state index contributed by atoms with van der Waals surface area (Å²) in [4.78, 5) is 0. The molecule has 0 N–H and O–H groups in total. The Morgan fingerprint density at radius 1 is 1.11 bits per heavy atom. The summed E-state index contributed by atoms with van der Waals surface area (Å²) < 4.78 is 13.9. The van der Waals surface area contributed by atoms with Crippen molar-refractivity contribution in [2.24, 2.45) is 10.8 Å². The monoisotopic (exact) mass is 264 g/mol. The Morgan fingerprint density at radius 3 is 2.05 bits per heavy atom. The van der Waals surface area contributed by atoms with Crippen molar-refractivity contribution in [1.29, 1.82) is 0 Å². The second kappa shape index (κ2) is 6.88. The van der Waals surface area contributed by atoms with Crippen molar-refractivity contribution in [3.8, 4) is 0 Å². The van der Waals surface area contributed by atoms with Gasteiger partial charge >= 0.3 is 0 Å². The van der Waals surface area contributed by atoms with E-state index in [0.717, 1.165) is 17.6 Å². The van der Waals surface area contributed by atoms with Crippen molar-refractivity contribution >= 4 is 0 Å². The van der Waals surface area contributed by atoms with Crippen LogP contribution in [-0.4, -0.2) is 0 Å². The van der Waals surface area contributed by atoms with Gasteiger partial charge in [-0.25, -0.2) is 4.39 Å². The SMILES string of the molecule is C=C(/C=C\C=C(\F)CC(C)(C)C(C)(C)C)C(=C)CC. The summed E-state index contributed by atoms with van der Waals surface area (Å²) in [5.74, 6) is -0.0916. The molecule has 0 aromatic carbocycles. The third-order valence-corrected chi connectivity index (χ3v) is 4.10. The highest BCUT2D eigenvalue weighted by Gasteiger charge is 2.33. The number of hydrogen-bond donors (Lipinski definition) is 0. The molecule has 0 radical (unpaired) electrons. The van der Waals surface area contributed by atoms with E-state index in [4.69, 9.17) is 0 Å². The molecule has 0 nitrogen and oxygen atoms in total. The van der Waals surface area contributed by atoms with Gasteiger partial charge in [-0.3, -0.25) is 0 Å². The highest BCUT2D eigenvalue weighted by Crippen LogP contribution is 2.42. The largest absolute Gasteiger partial charge is 0.212 e. The Kier molecular flexibility index (Phi) is 6.48. The molecule has 0 fully saturated rings. The molecule has 0 aromatic heterocycles. The molecular formula is C18H29F. The number of rotatable bonds is 6. The fraction of sp³-hybridized carbons (Fsp3) is 0.556. The summed E-state index contributed by atoms with van der Waals surface area (Å²) in [6, 6.07) is 0. The second-order valence-corrected chi connectivity index (χ2v) is 6.77. The zero-order valence-corrected chi connectivity index (χ0v) is 13.4. The maximum Gasteiger partial charge on any atom is 0.100 e. The van der Waals surface area contributed by atoms with Crippen LogP contribution in [0.2, 0.25) is 0 Å². The average Bonchev–Trinajstić information content (AvgIpc) is 2.25. The topological polar surface area (TPSA) is 0 Å². The van der Waals surface area contributed by atoms with Crippen LogP contribution in [0.1, 0.15) is 54.4 Å². The van der Waals surface area contributed by atoms with E-state index in [1.54, 1.807) is 6.08 Å². The van der Waals surface area contributed by atoms with Crippen molar-refractivity contribution in [2.45, 2.75) is 54.4 Å². The highest BCUT2D eigenvalue weighted by molar-refractivity contribution is 5.36. The van der Waals surface area contributed by atoms with Crippen molar-refractivity contribution in [2.75, 3.05) is 0 Å². The Bertz CT molecular complexity index is 386. The van der Waals surface area contributed by atoms with Crippen molar-refractivity contribution in [1.82, 2.24) is 0 Å². The number of halogens is 1. The minimum atomic E-state index is -0.0916. The summed E-state index contributed by atoms with van der Waals surface area (Å²) in [5, 5.41) is 0. The van der Waals surface area contributed by atoms with Gasteiger partial charge in [0.05, 0.1) is 0 Å². The first-order valence-corrected chi connectivity index (χ1v) is 6.91. The molecule has 0 spiro atoms. The molecule has 0 aliphatic carbocycles. The molecule has 0 bridgehead atoms. The molecule has 0 aliphatic heterocycles. The van der Waals surface area contributed by atoms with Crippen molar-refractivity contribution < 1.29 is 4.39 Å². The van der Waals surface area contributed by atoms with Crippen LogP contribution in [-0.2, 0) is 0 Å². The van der Waals surface area contributed by atoms with Gasteiger partial charge in [-0.15, -0.1) is 0 Å². The first-order chi connectivity index (χ1) is 8.51. The number of hydrogen-bond acceptors (Lipinski definition) is 0. The van der Waals surface area contributed by atoms with Crippen LogP contribution in [0.25, 0.3) is 0 Å². The zero-order chi connectivity index (χ0) is 15.3. The quantitative estimate of drug-likeness (QED) is 0.488. The summed E-state index contributed by atoms with van der Waals surface area (Å²) in [7, 11) is 0. The molecule has 0 saturated heterocycles. The van der Waals surface area contributed by atoms with Gasteiger partial charge in [0.15, 0.2) is 0 Å². The van der Waals surface area contributed by atoms with E-state index in [1.165, 1.54) is 6.08 Å². The van der Waals surface area contributed by atoms with Crippen LogP contribution < -0.4 is 0 Å². The van der Waals surface area contributed by atoms with Crippen LogP contribution in [0.5, 0.6) is 0 Å². The Morgan fingerprint density at radius 2 is 1.63 bits per heavy atom. The van der Waals surface area contributed by atoms with E-state index in [-0.39, 0.29) is 16.7 Å². The predicted octanol–water partition coefficient (Wildman–Crippen LogP) is 6.38. The molecule has 0 amide bonds. The van der Waals surface area contributed by atoms with E-state index >= 15 is 0 Å². The lowest BCUT2D eigenvalue weighted by Gasteiger charge is -2.38. The Balaban J connectivity index is 4.65. The minimum absolute atomic E-state index is 0.0714. The molecule has 1 heteroatoms. The molecule has 0 aromatic rings. The van der Waals surface area contributed by atoms with Gasteiger partial charge in [-0.05, 0) is 34.5 Å². The van der Waals surface area contributed by atoms with Crippen LogP contribution in [0.3, 0.4) is 0 Å². The van der Waals surface area contributed by atoms with E-state index in [0.29, 0.717) is 6.42 Å². The maximum absolute atomic E-state index is 13.9. The molecule has 0 saturated carbocycles. The average molecular weight is 264 g/mol. The number of allylic oxidation sites excluding steroid dienone is 6. The Labute approximate surface area is 118 Å². The molecule has 19 heavy (non-hydrogen) atoms. The van der Waals surface area contributed by atoms with Crippen LogP contribution in [0, 0.1) is 10.8 Å². The van der Waals surface area contributed by atoms with Crippen LogP contribution >= 0.6 is 0 Å². The lowest BCUT2D eigenvalue weighted by Crippen LogP contribution is -2.29. The molecular weight excluding hydrogens is 235 g/mol. The van der Waals surface area contributed by atoms with E-state index in [9.17, 15) is 4.39 Å². The zero-order valence-electron chi connectivity index (χ0n) is 13.4. The van der Waals surface area contributed by atoms with Crippen molar-refractivity contribution in [3.05, 3.63) is 48.4 Å². The van der Waals surface area contributed by atoms with Crippen LogP contribution in [0.15, 0.2) is 48.4 Å². The third kappa shape index (κ3) is 6.04. The van der Waals surface area contributed by atoms with Gasteiger partial charge in [-0.2, -0.15) is 0 Å². The van der Waals surface area contributed by atoms with Gasteiger partial charge < -0.3 is 0 Å². The first-order valence-electron chi connectivity index (χ1n) is 6.91. The van der Waals surface area contributed by atoms with Gasteiger partial charge in [-0.1, -0.05) is 66.9 Å². The first kappa shape index (κ1) is 17.9. The lowest BCUT2D eigenvalue weighted by atomic mass is 9.67. The standard InChI is InChI=1S/C18H29F/c1-9-14(2)15(3)11-10-12-16(19)13-18(7,8)17(4,5)6/h10-12H,2-3,9,13H2,1,4-8H3/b11-10-,16-12+. The van der Waals surface area contributed by atoms with Gasteiger partial charge in [0, 0.05) is 6.42 Å². The van der Waals surface area contributed by atoms with Crippen LogP contribution in [0.4, 0.5) is 4.39 Å². The summed E-state index contributed by atoms with van der Waals surface area (Å²) in [5.41, 5.74) is 1.84. The molecule has 0 atom stereocenters. The maximum atomic E-state index is 13.9. The van der Waals surface area contributed by atoms with E-state index in [1.807, 2.05) is 13.0 Å². The fourth-order valence-corrected chi connectivity index (χ4v) is 1.36. The summed E-state index contributed by atoms with van der Waals surface area (Å²) in [6.45, 7) is 20.5.